The number of aromatic nitrogens is 1. The minimum atomic E-state index is -1.05. The Hall–Kier alpha value is -3.96. The number of nitrogens with one attached hydrogen (secondary N) is 1. The first-order valence-corrected chi connectivity index (χ1v) is 12.5. The van der Waals surface area contributed by atoms with Crippen LogP contribution in [0.4, 0.5) is 17.1 Å². The second kappa shape index (κ2) is 12.3. The van der Waals surface area contributed by atoms with Gasteiger partial charge in [0, 0.05) is 39.1 Å². The van der Waals surface area contributed by atoms with E-state index >= 15 is 0 Å². The van der Waals surface area contributed by atoms with Crippen molar-refractivity contribution in [3.8, 4) is 0 Å². The van der Waals surface area contributed by atoms with E-state index in [4.69, 9.17) is 16.2 Å². The lowest BCUT2D eigenvalue weighted by Crippen LogP contribution is -2.44. The Kier molecular flexibility index (Phi) is 9.20. The SMILES string of the molecule is CCc1ccc(N(C(=O)c2snc(C(N)=O)c2N)C(C(=O)NCCOC)c2ccc(N(C)C)cc2)cc1. The van der Waals surface area contributed by atoms with E-state index in [0.29, 0.717) is 17.9 Å². The molecule has 1 heterocycles. The zero-order chi connectivity index (χ0) is 27.1. The van der Waals surface area contributed by atoms with E-state index < -0.39 is 23.8 Å². The monoisotopic (exact) mass is 524 g/mol. The Morgan fingerprint density at radius 2 is 1.68 bits per heavy atom. The summed E-state index contributed by atoms with van der Waals surface area (Å²) >= 11 is 0.770. The maximum atomic E-state index is 14.0. The average Bonchev–Trinajstić information content (AvgIpc) is 3.28. The number of ether oxygens (including phenoxy) is 1. The molecule has 0 aliphatic heterocycles. The van der Waals surface area contributed by atoms with Gasteiger partial charge < -0.3 is 26.4 Å². The van der Waals surface area contributed by atoms with Crippen LogP contribution in [0.5, 0.6) is 0 Å². The molecule has 196 valence electrons. The molecule has 1 aromatic heterocycles. The summed E-state index contributed by atoms with van der Waals surface area (Å²) in [6, 6.07) is 13.7. The minimum absolute atomic E-state index is 0.0213. The second-order valence-corrected chi connectivity index (χ2v) is 9.28. The van der Waals surface area contributed by atoms with Crippen molar-refractivity contribution in [3.63, 3.8) is 0 Å². The molecule has 1 unspecified atom stereocenters. The zero-order valence-corrected chi connectivity index (χ0v) is 22.2. The van der Waals surface area contributed by atoms with Gasteiger partial charge in [0.1, 0.15) is 10.9 Å². The number of carbonyl (C=O) groups excluding carboxylic acids is 3. The Bertz CT molecular complexity index is 1240. The number of hydrogen-bond donors (Lipinski definition) is 3. The smallest absolute Gasteiger partial charge is 0.273 e. The summed E-state index contributed by atoms with van der Waals surface area (Å²) in [5.41, 5.74) is 14.3. The first-order valence-electron chi connectivity index (χ1n) is 11.7. The van der Waals surface area contributed by atoms with Gasteiger partial charge in [0.25, 0.3) is 11.8 Å². The number of primary amides is 1. The summed E-state index contributed by atoms with van der Waals surface area (Å²) in [6.07, 6.45) is 0.810. The van der Waals surface area contributed by atoms with Crippen molar-refractivity contribution >= 4 is 46.3 Å². The van der Waals surface area contributed by atoms with E-state index in [9.17, 15) is 14.4 Å². The number of hydrogen-bond acceptors (Lipinski definition) is 8. The number of nitrogens with zero attached hydrogens (tertiary/aromatic N) is 3. The molecule has 3 amide bonds. The molecule has 0 bridgehead atoms. The van der Waals surface area contributed by atoms with Crippen molar-refractivity contribution in [2.45, 2.75) is 19.4 Å². The molecule has 0 fully saturated rings. The molecule has 2 aromatic carbocycles. The molecule has 3 rings (SSSR count). The average molecular weight is 525 g/mol. The molecule has 0 aliphatic carbocycles. The fourth-order valence-electron chi connectivity index (χ4n) is 3.76. The van der Waals surface area contributed by atoms with E-state index in [2.05, 4.69) is 9.69 Å². The summed E-state index contributed by atoms with van der Waals surface area (Å²) in [4.78, 5) is 42.7. The lowest BCUT2D eigenvalue weighted by molar-refractivity contribution is -0.122. The third-order valence-corrected chi connectivity index (χ3v) is 6.69. The summed E-state index contributed by atoms with van der Waals surface area (Å²) in [7, 11) is 5.37. The normalized spacial score (nSPS) is 11.6. The standard InChI is InChI=1S/C26H32N6O4S/c1-5-16-6-10-19(11-7-16)32(26(35)23-20(27)21(24(28)33)30-37-23)22(25(34)29-14-15-36-4)17-8-12-18(13-9-17)31(2)3/h6-13,22H,5,14-15,27H2,1-4H3,(H2,28,33)(H,29,34). The van der Waals surface area contributed by atoms with Gasteiger partial charge >= 0.3 is 0 Å². The molecule has 0 aliphatic rings. The van der Waals surface area contributed by atoms with Crippen LogP contribution in [0.3, 0.4) is 0 Å². The number of anilines is 3. The Labute approximate surface area is 220 Å². The zero-order valence-electron chi connectivity index (χ0n) is 21.4. The highest BCUT2D eigenvalue weighted by Gasteiger charge is 2.36. The molecular weight excluding hydrogens is 492 g/mol. The van der Waals surface area contributed by atoms with Gasteiger partial charge in [-0.15, -0.1) is 0 Å². The second-order valence-electron chi connectivity index (χ2n) is 8.51. The van der Waals surface area contributed by atoms with E-state index in [-0.39, 0.29) is 22.8 Å². The molecule has 0 spiro atoms. The van der Waals surface area contributed by atoms with Gasteiger partial charge in [-0.05, 0) is 53.3 Å². The van der Waals surface area contributed by atoms with Crippen molar-refractivity contribution in [2.24, 2.45) is 5.73 Å². The lowest BCUT2D eigenvalue weighted by atomic mass is 10.0. The largest absolute Gasteiger partial charge is 0.395 e. The van der Waals surface area contributed by atoms with Gasteiger partial charge in [-0.1, -0.05) is 31.2 Å². The minimum Gasteiger partial charge on any atom is -0.395 e. The molecule has 37 heavy (non-hydrogen) atoms. The van der Waals surface area contributed by atoms with Crippen LogP contribution in [0.2, 0.25) is 0 Å². The number of nitrogens with two attached hydrogens (primary N) is 2. The fourth-order valence-corrected chi connectivity index (χ4v) is 4.50. The molecule has 5 N–H and O–H groups in total. The van der Waals surface area contributed by atoms with E-state index in [0.717, 1.165) is 29.2 Å². The van der Waals surface area contributed by atoms with Gasteiger partial charge in [0.2, 0.25) is 5.91 Å². The predicted molar refractivity (Wildman–Crippen MR) is 146 cm³/mol. The lowest BCUT2D eigenvalue weighted by Gasteiger charge is -2.31. The Morgan fingerprint density at radius 1 is 1.05 bits per heavy atom. The van der Waals surface area contributed by atoms with Gasteiger partial charge in [0.15, 0.2) is 5.69 Å². The van der Waals surface area contributed by atoms with E-state index in [1.165, 1.54) is 12.0 Å². The number of methoxy groups -OCH3 is 1. The molecule has 0 saturated carbocycles. The Balaban J connectivity index is 2.18. The van der Waals surface area contributed by atoms with Crippen LogP contribution < -0.4 is 26.6 Å². The molecular formula is C26H32N6O4S. The maximum Gasteiger partial charge on any atom is 0.273 e. The van der Waals surface area contributed by atoms with Gasteiger partial charge in [-0.2, -0.15) is 4.37 Å². The highest BCUT2D eigenvalue weighted by Crippen LogP contribution is 2.34. The molecule has 0 saturated heterocycles. The Morgan fingerprint density at radius 3 is 2.19 bits per heavy atom. The van der Waals surface area contributed by atoms with Crippen molar-refractivity contribution in [1.82, 2.24) is 9.69 Å². The van der Waals surface area contributed by atoms with E-state index in [1.807, 2.05) is 62.3 Å². The summed E-state index contributed by atoms with van der Waals surface area (Å²) in [5, 5.41) is 2.85. The number of benzene rings is 2. The predicted octanol–water partition coefficient (Wildman–Crippen LogP) is 2.60. The first-order chi connectivity index (χ1) is 17.7. The van der Waals surface area contributed by atoms with Crippen molar-refractivity contribution < 1.29 is 19.1 Å². The number of nitrogen functional groups attached to an aromatic ring is 1. The van der Waals surface area contributed by atoms with Gasteiger partial charge in [-0.25, -0.2) is 0 Å². The molecule has 11 heteroatoms. The third-order valence-electron chi connectivity index (χ3n) is 5.83. The summed E-state index contributed by atoms with van der Waals surface area (Å²) < 4.78 is 9.06. The van der Waals surface area contributed by atoms with Gasteiger partial charge in [0.05, 0.1) is 12.3 Å². The molecule has 0 radical (unpaired) electrons. The summed E-state index contributed by atoms with van der Waals surface area (Å²) in [6.45, 7) is 2.59. The topological polar surface area (TPSA) is 144 Å². The molecule has 1 atom stereocenters. The van der Waals surface area contributed by atoms with Crippen molar-refractivity contribution in [1.29, 1.82) is 0 Å². The van der Waals surface area contributed by atoms with Crippen LogP contribution in [0.25, 0.3) is 0 Å². The van der Waals surface area contributed by atoms with Crippen molar-refractivity contribution in [2.75, 3.05) is 49.9 Å². The molecule has 10 nitrogen and oxygen atoms in total. The summed E-state index contributed by atoms with van der Waals surface area (Å²) in [5.74, 6) is -1.81. The van der Waals surface area contributed by atoms with Crippen LogP contribution in [-0.2, 0) is 16.0 Å². The van der Waals surface area contributed by atoms with Crippen molar-refractivity contribution in [3.05, 3.63) is 70.2 Å². The van der Waals surface area contributed by atoms with Crippen LogP contribution in [0.15, 0.2) is 48.5 Å². The molecule has 3 aromatic rings. The quantitative estimate of drug-likeness (QED) is 0.327. The number of carbonyl (C=O) groups is 3. The van der Waals surface area contributed by atoms with Crippen LogP contribution in [0.1, 0.15) is 44.3 Å². The first kappa shape index (κ1) is 27.6. The van der Waals surface area contributed by atoms with Crippen LogP contribution in [-0.4, -0.2) is 56.5 Å². The number of rotatable bonds is 11. The van der Waals surface area contributed by atoms with Crippen LogP contribution >= 0.6 is 11.5 Å². The highest BCUT2D eigenvalue weighted by molar-refractivity contribution is 7.09. The fraction of sp³-hybridized carbons (Fsp3) is 0.308. The number of aryl methyl sites for hydroxylation is 1. The van der Waals surface area contributed by atoms with Gasteiger partial charge in [-0.3, -0.25) is 19.3 Å². The third kappa shape index (κ3) is 6.25. The highest BCUT2D eigenvalue weighted by atomic mass is 32.1. The maximum absolute atomic E-state index is 14.0. The van der Waals surface area contributed by atoms with Crippen LogP contribution in [0, 0.1) is 0 Å². The number of amides is 3. The van der Waals surface area contributed by atoms with E-state index in [1.54, 1.807) is 12.1 Å².